The second kappa shape index (κ2) is 9.30. The Labute approximate surface area is 186 Å². The van der Waals surface area contributed by atoms with E-state index in [0.29, 0.717) is 19.6 Å². The van der Waals surface area contributed by atoms with Crippen molar-refractivity contribution < 1.29 is 19.0 Å². The molecule has 1 fully saturated rings. The Kier molecular flexibility index (Phi) is 5.91. The van der Waals surface area contributed by atoms with Gasteiger partial charge in [-0.05, 0) is 47.4 Å². The van der Waals surface area contributed by atoms with Crippen molar-refractivity contribution in [3.05, 3.63) is 89.5 Å². The Bertz CT molecular complexity index is 1070. The summed E-state index contributed by atoms with van der Waals surface area (Å²) >= 11 is 0. The SMILES string of the molecule is O=C(NCc1ccc(OCc2ccccc2)cc1)C1CC(c2ccc3c(c2)OCO3)NN1. The molecule has 164 valence electrons. The molecule has 2 aliphatic heterocycles. The van der Waals surface area contributed by atoms with Crippen LogP contribution in [0.3, 0.4) is 0 Å². The highest BCUT2D eigenvalue weighted by Crippen LogP contribution is 2.35. The zero-order valence-electron chi connectivity index (χ0n) is 17.5. The average molecular weight is 431 g/mol. The zero-order valence-corrected chi connectivity index (χ0v) is 17.5. The molecule has 0 aromatic heterocycles. The van der Waals surface area contributed by atoms with E-state index < -0.39 is 0 Å². The van der Waals surface area contributed by atoms with Gasteiger partial charge < -0.3 is 19.5 Å². The van der Waals surface area contributed by atoms with E-state index in [1.165, 1.54) is 0 Å². The van der Waals surface area contributed by atoms with E-state index in [-0.39, 0.29) is 24.8 Å². The molecule has 1 saturated heterocycles. The number of amides is 1. The zero-order chi connectivity index (χ0) is 21.8. The summed E-state index contributed by atoms with van der Waals surface area (Å²) in [5.41, 5.74) is 9.50. The maximum atomic E-state index is 12.6. The number of rotatable bonds is 7. The molecule has 0 saturated carbocycles. The molecule has 5 rings (SSSR count). The van der Waals surface area contributed by atoms with Crippen LogP contribution in [0, 0.1) is 0 Å². The van der Waals surface area contributed by atoms with E-state index in [2.05, 4.69) is 16.2 Å². The van der Waals surface area contributed by atoms with E-state index in [0.717, 1.165) is 33.9 Å². The normalized spacial score (nSPS) is 19.0. The van der Waals surface area contributed by atoms with Gasteiger partial charge in [-0.3, -0.25) is 4.79 Å². The first-order chi connectivity index (χ1) is 15.7. The van der Waals surface area contributed by atoms with Crippen molar-refractivity contribution in [3.63, 3.8) is 0 Å². The number of nitrogens with one attached hydrogen (secondary N) is 3. The molecule has 0 radical (unpaired) electrons. The van der Waals surface area contributed by atoms with Gasteiger partial charge in [0.05, 0.1) is 0 Å². The summed E-state index contributed by atoms with van der Waals surface area (Å²) in [4.78, 5) is 12.6. The molecule has 2 unspecified atom stereocenters. The molecular formula is C25H25N3O4. The number of fused-ring (bicyclic) bond motifs is 1. The number of hydrogen-bond acceptors (Lipinski definition) is 6. The summed E-state index contributed by atoms with van der Waals surface area (Å²) in [7, 11) is 0. The molecule has 0 bridgehead atoms. The number of ether oxygens (including phenoxy) is 3. The number of benzene rings is 3. The second-order valence-electron chi connectivity index (χ2n) is 7.88. The minimum atomic E-state index is -0.307. The summed E-state index contributed by atoms with van der Waals surface area (Å²) in [6.07, 6.45) is 0.651. The molecule has 3 N–H and O–H groups in total. The summed E-state index contributed by atoms with van der Waals surface area (Å²) in [5, 5.41) is 3.00. The summed E-state index contributed by atoms with van der Waals surface area (Å²) in [5.74, 6) is 2.26. The Morgan fingerprint density at radius 2 is 1.75 bits per heavy atom. The Hall–Kier alpha value is -3.55. The van der Waals surface area contributed by atoms with Gasteiger partial charge in [0.2, 0.25) is 12.7 Å². The first-order valence-corrected chi connectivity index (χ1v) is 10.7. The number of hydrogen-bond donors (Lipinski definition) is 3. The molecule has 1 amide bonds. The van der Waals surface area contributed by atoms with Crippen molar-refractivity contribution in [2.45, 2.75) is 31.7 Å². The Balaban J connectivity index is 1.09. The van der Waals surface area contributed by atoms with Gasteiger partial charge in [0.25, 0.3) is 0 Å². The molecule has 7 nitrogen and oxygen atoms in total. The summed E-state index contributed by atoms with van der Waals surface area (Å²) < 4.78 is 16.6. The fraction of sp³-hybridized carbons (Fsp3) is 0.240. The van der Waals surface area contributed by atoms with Crippen LogP contribution in [0.2, 0.25) is 0 Å². The fourth-order valence-electron chi connectivity index (χ4n) is 3.83. The molecule has 0 aliphatic carbocycles. The van der Waals surface area contributed by atoms with Crippen LogP contribution in [-0.4, -0.2) is 18.7 Å². The number of hydrazine groups is 1. The Morgan fingerprint density at radius 3 is 2.59 bits per heavy atom. The van der Waals surface area contributed by atoms with Crippen LogP contribution in [0.4, 0.5) is 0 Å². The van der Waals surface area contributed by atoms with Crippen LogP contribution in [0.25, 0.3) is 0 Å². The molecule has 3 aromatic rings. The van der Waals surface area contributed by atoms with Crippen LogP contribution in [-0.2, 0) is 17.9 Å². The van der Waals surface area contributed by atoms with E-state index >= 15 is 0 Å². The predicted molar refractivity (Wildman–Crippen MR) is 119 cm³/mol. The summed E-state index contributed by atoms with van der Waals surface area (Å²) in [6, 6.07) is 23.4. The largest absolute Gasteiger partial charge is 0.489 e. The van der Waals surface area contributed by atoms with Crippen LogP contribution >= 0.6 is 0 Å². The van der Waals surface area contributed by atoms with Gasteiger partial charge in [-0.25, -0.2) is 10.9 Å². The minimum Gasteiger partial charge on any atom is -0.489 e. The standard InChI is InChI=1S/C25H25N3O4/c29-25(22-13-21(27-28-22)19-8-11-23-24(12-19)32-16-31-23)26-14-17-6-9-20(10-7-17)30-15-18-4-2-1-3-5-18/h1-12,21-22,27-28H,13-16H2,(H,26,29). The van der Waals surface area contributed by atoms with Crippen molar-refractivity contribution in [2.24, 2.45) is 0 Å². The highest BCUT2D eigenvalue weighted by Gasteiger charge is 2.30. The van der Waals surface area contributed by atoms with Gasteiger partial charge in [0.15, 0.2) is 11.5 Å². The third kappa shape index (κ3) is 4.69. The number of carbonyl (C=O) groups is 1. The molecule has 32 heavy (non-hydrogen) atoms. The van der Waals surface area contributed by atoms with Crippen molar-refractivity contribution in [1.29, 1.82) is 0 Å². The van der Waals surface area contributed by atoms with Crippen molar-refractivity contribution in [1.82, 2.24) is 16.2 Å². The van der Waals surface area contributed by atoms with Crippen LogP contribution in [0.1, 0.15) is 29.2 Å². The maximum Gasteiger partial charge on any atom is 0.238 e. The third-order valence-corrected chi connectivity index (χ3v) is 5.66. The quantitative estimate of drug-likeness (QED) is 0.533. The van der Waals surface area contributed by atoms with Gasteiger partial charge >= 0.3 is 0 Å². The number of carbonyl (C=O) groups excluding carboxylic acids is 1. The smallest absolute Gasteiger partial charge is 0.238 e. The second-order valence-corrected chi connectivity index (χ2v) is 7.88. The monoisotopic (exact) mass is 431 g/mol. The maximum absolute atomic E-state index is 12.6. The molecule has 2 aliphatic rings. The first-order valence-electron chi connectivity index (χ1n) is 10.7. The highest BCUT2D eigenvalue weighted by molar-refractivity contribution is 5.82. The molecule has 2 heterocycles. The highest BCUT2D eigenvalue weighted by atomic mass is 16.7. The van der Waals surface area contributed by atoms with Gasteiger partial charge in [-0.1, -0.05) is 48.5 Å². The van der Waals surface area contributed by atoms with Crippen LogP contribution in [0.15, 0.2) is 72.8 Å². The van der Waals surface area contributed by atoms with Crippen LogP contribution in [0.5, 0.6) is 17.2 Å². The third-order valence-electron chi connectivity index (χ3n) is 5.66. The van der Waals surface area contributed by atoms with Crippen molar-refractivity contribution in [2.75, 3.05) is 6.79 Å². The van der Waals surface area contributed by atoms with E-state index in [9.17, 15) is 4.79 Å². The summed E-state index contributed by atoms with van der Waals surface area (Å²) in [6.45, 7) is 1.24. The topological polar surface area (TPSA) is 80.9 Å². The van der Waals surface area contributed by atoms with Crippen molar-refractivity contribution >= 4 is 5.91 Å². The van der Waals surface area contributed by atoms with Gasteiger partial charge in [-0.2, -0.15) is 0 Å². The average Bonchev–Trinajstić information content (AvgIpc) is 3.52. The van der Waals surface area contributed by atoms with Gasteiger partial charge in [-0.15, -0.1) is 0 Å². The lowest BCUT2D eigenvalue weighted by molar-refractivity contribution is -0.123. The van der Waals surface area contributed by atoms with Crippen LogP contribution < -0.4 is 30.4 Å². The minimum absolute atomic E-state index is 0.0290. The predicted octanol–water partition coefficient (Wildman–Crippen LogP) is 3.22. The fourth-order valence-corrected chi connectivity index (χ4v) is 3.83. The lowest BCUT2D eigenvalue weighted by atomic mass is 10.0. The Morgan fingerprint density at radius 1 is 0.938 bits per heavy atom. The molecular weight excluding hydrogens is 406 g/mol. The molecule has 3 aromatic carbocycles. The first kappa shape index (κ1) is 20.4. The van der Waals surface area contributed by atoms with E-state index in [4.69, 9.17) is 14.2 Å². The van der Waals surface area contributed by atoms with E-state index in [1.54, 1.807) is 0 Å². The molecule has 2 atom stereocenters. The van der Waals surface area contributed by atoms with Crippen molar-refractivity contribution in [3.8, 4) is 17.2 Å². The lowest BCUT2D eigenvalue weighted by Crippen LogP contribution is -2.42. The van der Waals surface area contributed by atoms with Gasteiger partial charge in [0, 0.05) is 12.6 Å². The molecule has 0 spiro atoms. The lowest BCUT2D eigenvalue weighted by Gasteiger charge is -2.12. The van der Waals surface area contributed by atoms with E-state index in [1.807, 2.05) is 72.8 Å². The molecule has 7 heteroatoms. The van der Waals surface area contributed by atoms with Gasteiger partial charge in [0.1, 0.15) is 18.4 Å².